The predicted molar refractivity (Wildman–Crippen MR) is 169 cm³/mol. The number of hydrogen-bond donors (Lipinski definition) is 2. The molecular weight excluding hydrogens is 615 g/mol. The summed E-state index contributed by atoms with van der Waals surface area (Å²) in [5.74, 6) is -2.41. The summed E-state index contributed by atoms with van der Waals surface area (Å²) in [5, 5.41) is 23.3. The molecular formula is C33H36F3N7O4. The van der Waals surface area contributed by atoms with Gasteiger partial charge in [0.05, 0.1) is 24.2 Å². The molecule has 2 aromatic carbocycles. The minimum Gasteiger partial charge on any atom is -0.508 e. The van der Waals surface area contributed by atoms with E-state index >= 15 is 0 Å². The van der Waals surface area contributed by atoms with Crippen molar-refractivity contribution in [3.8, 4) is 17.8 Å². The van der Waals surface area contributed by atoms with Crippen LogP contribution in [0.1, 0.15) is 49.2 Å². The molecule has 5 rings (SSSR count). The summed E-state index contributed by atoms with van der Waals surface area (Å²) >= 11 is 0. The molecule has 3 heterocycles. The minimum absolute atomic E-state index is 0.00305. The Balaban J connectivity index is 1.59. The van der Waals surface area contributed by atoms with Crippen LogP contribution in [0.2, 0.25) is 0 Å². The number of benzene rings is 2. The van der Waals surface area contributed by atoms with Crippen molar-refractivity contribution in [1.82, 2.24) is 19.8 Å². The van der Waals surface area contributed by atoms with E-state index in [1.165, 1.54) is 21.9 Å². The third-order valence-corrected chi connectivity index (χ3v) is 8.52. The number of anilines is 2. The highest BCUT2D eigenvalue weighted by Crippen LogP contribution is 2.40. The predicted octanol–water partition coefficient (Wildman–Crippen LogP) is 4.97. The molecule has 2 amide bonds. The Kier molecular flexibility index (Phi) is 9.85. The van der Waals surface area contributed by atoms with E-state index in [9.17, 15) is 33.1 Å². The number of ether oxygens (including phenoxy) is 1. The fourth-order valence-electron chi connectivity index (χ4n) is 6.35. The van der Waals surface area contributed by atoms with Gasteiger partial charge >= 0.3 is 12.2 Å². The van der Waals surface area contributed by atoms with Gasteiger partial charge in [-0.15, -0.1) is 0 Å². The van der Waals surface area contributed by atoms with Crippen LogP contribution in [-0.4, -0.2) is 87.6 Å². The van der Waals surface area contributed by atoms with Crippen molar-refractivity contribution in [1.29, 1.82) is 5.26 Å². The molecule has 3 aromatic rings. The number of phenols is 1. The summed E-state index contributed by atoms with van der Waals surface area (Å²) in [6, 6.07) is 10.5. The fraction of sp³-hybridized carbons (Fsp3) is 0.424. The second kappa shape index (κ2) is 13.8. The van der Waals surface area contributed by atoms with Crippen molar-refractivity contribution in [3.63, 3.8) is 0 Å². The molecule has 2 N–H and O–H groups in total. The molecule has 14 heteroatoms. The largest absolute Gasteiger partial charge is 0.508 e. The highest BCUT2D eigenvalue weighted by Gasteiger charge is 2.44. The van der Waals surface area contributed by atoms with E-state index in [4.69, 9.17) is 4.74 Å². The molecule has 2 aliphatic rings. The highest BCUT2D eigenvalue weighted by atomic mass is 19.4. The van der Waals surface area contributed by atoms with Crippen molar-refractivity contribution in [2.24, 2.45) is 0 Å². The van der Waals surface area contributed by atoms with Gasteiger partial charge in [0.2, 0.25) is 5.91 Å². The summed E-state index contributed by atoms with van der Waals surface area (Å²) in [4.78, 5) is 39.5. The van der Waals surface area contributed by atoms with E-state index in [2.05, 4.69) is 26.8 Å². The van der Waals surface area contributed by atoms with Gasteiger partial charge in [-0.2, -0.15) is 28.4 Å². The first-order valence-corrected chi connectivity index (χ1v) is 15.4. The number of carbonyl (C=O) groups is 2. The van der Waals surface area contributed by atoms with Crippen LogP contribution in [0.15, 0.2) is 49.1 Å². The Bertz CT molecular complexity index is 1710. The first-order chi connectivity index (χ1) is 22.4. The van der Waals surface area contributed by atoms with Crippen LogP contribution in [-0.2, 0) is 11.0 Å². The summed E-state index contributed by atoms with van der Waals surface area (Å²) < 4.78 is 50.9. The first-order valence-electron chi connectivity index (χ1n) is 15.4. The van der Waals surface area contributed by atoms with Crippen molar-refractivity contribution in [2.75, 3.05) is 43.0 Å². The molecule has 11 nitrogen and oxygen atoms in total. The third kappa shape index (κ3) is 7.25. The molecule has 2 fully saturated rings. The number of rotatable bonds is 9. The zero-order valence-electron chi connectivity index (χ0n) is 26.1. The summed E-state index contributed by atoms with van der Waals surface area (Å²) in [7, 11) is 0. The number of carbonyl (C=O) groups excluding carboxylic acids is 2. The Labute approximate surface area is 270 Å². The fourth-order valence-corrected chi connectivity index (χ4v) is 6.35. The molecule has 1 aromatic heterocycles. The van der Waals surface area contributed by atoms with Crippen LogP contribution in [0.4, 0.5) is 24.7 Å². The number of aromatic nitrogens is 2. The maximum atomic E-state index is 15.0. The number of alkyl halides is 3. The minimum atomic E-state index is -5.08. The maximum absolute atomic E-state index is 15.0. The van der Waals surface area contributed by atoms with E-state index in [-0.39, 0.29) is 56.2 Å². The van der Waals surface area contributed by atoms with Crippen molar-refractivity contribution >= 4 is 34.1 Å². The topological polar surface area (TPSA) is 135 Å². The number of nitrogens with zero attached hydrogens (tertiary/aromatic N) is 6. The SMILES string of the molecule is C=CC(=O)N1CCN(c2nc(OC[C@@H]3CCCN3C(C)C)nc(C(=O)Nc3cc(O)cc4ccccc34)c2C(F)(F)F)C[C@@H]1CC#N. The summed E-state index contributed by atoms with van der Waals surface area (Å²) in [5.41, 5.74) is -2.25. The van der Waals surface area contributed by atoms with Gasteiger partial charge in [0, 0.05) is 43.2 Å². The molecule has 0 bridgehead atoms. The Morgan fingerprint density at radius 2 is 1.96 bits per heavy atom. The molecule has 2 aliphatic heterocycles. The molecule has 2 atom stereocenters. The van der Waals surface area contributed by atoms with Crippen molar-refractivity contribution in [2.45, 2.75) is 57.4 Å². The third-order valence-electron chi connectivity index (χ3n) is 8.52. The van der Waals surface area contributed by atoms with E-state index < -0.39 is 47.1 Å². The van der Waals surface area contributed by atoms with Gasteiger partial charge < -0.3 is 25.0 Å². The second-order valence-electron chi connectivity index (χ2n) is 11.9. The summed E-state index contributed by atoms with van der Waals surface area (Å²) in [6.45, 7) is 8.31. The van der Waals surface area contributed by atoms with Crippen LogP contribution in [0.3, 0.4) is 0 Å². The molecule has 0 aliphatic carbocycles. The number of fused-ring (bicyclic) bond motifs is 1. The van der Waals surface area contributed by atoms with Gasteiger partial charge in [-0.05, 0) is 50.8 Å². The lowest BCUT2D eigenvalue weighted by Gasteiger charge is -2.41. The Morgan fingerprint density at radius 3 is 2.66 bits per heavy atom. The van der Waals surface area contributed by atoms with E-state index in [1.807, 2.05) is 19.9 Å². The van der Waals surface area contributed by atoms with Gasteiger partial charge in [0.25, 0.3) is 5.91 Å². The number of piperazine rings is 1. The number of halogens is 3. The van der Waals surface area contributed by atoms with Crippen molar-refractivity contribution in [3.05, 3.63) is 60.3 Å². The zero-order valence-corrected chi connectivity index (χ0v) is 26.1. The maximum Gasteiger partial charge on any atom is 0.422 e. The average Bonchev–Trinajstić information content (AvgIpc) is 3.52. The first kappa shape index (κ1) is 33.5. The van der Waals surface area contributed by atoms with Crippen LogP contribution in [0.5, 0.6) is 11.8 Å². The van der Waals surface area contributed by atoms with Gasteiger partial charge in [0.1, 0.15) is 29.4 Å². The number of aromatic hydroxyl groups is 1. The molecule has 0 spiro atoms. The van der Waals surface area contributed by atoms with Crippen LogP contribution < -0.4 is 15.0 Å². The zero-order chi connectivity index (χ0) is 33.9. The highest BCUT2D eigenvalue weighted by molar-refractivity contribution is 6.10. The standard InChI is InChI=1S/C33H36F3N7O4/c1-4-27(45)43-15-14-41(18-22(43)11-12-37)30-28(33(34,35)36)29(39-32(40-30)47-19-23-9-7-13-42(23)20(2)3)31(46)38-26-17-24(44)16-21-8-5-6-10-25(21)26/h4-6,8,10,16-17,20,22-23,44H,1,7,9,11,13-15,18-19H2,2-3H3,(H,38,46)/t22-,23-/m0/s1. The van der Waals surface area contributed by atoms with Gasteiger partial charge in [-0.3, -0.25) is 14.5 Å². The summed E-state index contributed by atoms with van der Waals surface area (Å²) in [6.07, 6.45) is -2.38. The van der Waals surface area contributed by atoms with E-state index in [0.717, 1.165) is 25.5 Å². The van der Waals surface area contributed by atoms with E-state index in [1.54, 1.807) is 24.3 Å². The molecule has 0 radical (unpaired) electrons. The smallest absolute Gasteiger partial charge is 0.422 e. The number of nitriles is 1. The quantitative estimate of drug-likeness (QED) is 0.308. The average molecular weight is 652 g/mol. The van der Waals surface area contributed by atoms with Crippen LogP contribution in [0.25, 0.3) is 10.8 Å². The number of likely N-dealkylation sites (tertiary alicyclic amines) is 1. The molecule has 2 saturated heterocycles. The number of amides is 2. The van der Waals surface area contributed by atoms with Gasteiger partial charge in [-0.1, -0.05) is 30.8 Å². The van der Waals surface area contributed by atoms with E-state index in [0.29, 0.717) is 10.8 Å². The van der Waals surface area contributed by atoms with Crippen molar-refractivity contribution < 1.29 is 32.6 Å². The molecule has 47 heavy (non-hydrogen) atoms. The molecule has 0 saturated carbocycles. The lowest BCUT2D eigenvalue weighted by molar-refractivity contribution is -0.138. The normalized spacial score (nSPS) is 18.7. The second-order valence-corrected chi connectivity index (χ2v) is 11.9. The Hall–Kier alpha value is -4.90. The molecule has 0 unspecified atom stereocenters. The van der Waals surface area contributed by atoms with Crippen LogP contribution >= 0.6 is 0 Å². The monoisotopic (exact) mass is 651 g/mol. The lowest BCUT2D eigenvalue weighted by atomic mass is 10.1. The molecule has 248 valence electrons. The van der Waals surface area contributed by atoms with Gasteiger partial charge in [0.15, 0.2) is 0 Å². The van der Waals surface area contributed by atoms with Crippen LogP contribution in [0, 0.1) is 11.3 Å². The number of nitrogens with one attached hydrogen (secondary N) is 1. The Morgan fingerprint density at radius 1 is 1.19 bits per heavy atom. The lowest BCUT2D eigenvalue weighted by Crippen LogP contribution is -2.55. The van der Waals surface area contributed by atoms with Gasteiger partial charge in [-0.25, -0.2) is 0 Å². The number of phenolic OH excluding ortho intramolecular Hbond substituents is 1. The number of hydrogen-bond acceptors (Lipinski definition) is 9.